The van der Waals surface area contributed by atoms with Crippen molar-refractivity contribution in [3.05, 3.63) is 48.6 Å². The van der Waals surface area contributed by atoms with E-state index in [0.717, 1.165) is 5.56 Å². The van der Waals surface area contributed by atoms with Crippen molar-refractivity contribution in [1.82, 2.24) is 4.90 Å². The summed E-state index contributed by atoms with van der Waals surface area (Å²) in [5.41, 5.74) is 0.409. The average molecular weight is 305 g/mol. The quantitative estimate of drug-likeness (QED) is 0.814. The molecule has 0 aliphatic carbocycles. The molecule has 2 atom stereocenters. The number of hydrogen-bond donors (Lipinski definition) is 1. The Bertz CT molecular complexity index is 477. The van der Waals surface area contributed by atoms with E-state index in [1.54, 1.807) is 17.9 Å². The number of rotatable bonds is 6. The van der Waals surface area contributed by atoms with Gasteiger partial charge in [0.15, 0.2) is 0 Å². The molecule has 0 unspecified atom stereocenters. The van der Waals surface area contributed by atoms with Gasteiger partial charge in [0.25, 0.3) is 0 Å². The van der Waals surface area contributed by atoms with Gasteiger partial charge in [-0.2, -0.15) is 0 Å². The van der Waals surface area contributed by atoms with E-state index >= 15 is 0 Å². The van der Waals surface area contributed by atoms with Crippen LogP contribution in [-0.4, -0.2) is 33.8 Å². The zero-order valence-corrected chi connectivity index (χ0v) is 14.0. The van der Waals surface area contributed by atoms with Crippen molar-refractivity contribution >= 4 is 6.09 Å². The van der Waals surface area contributed by atoms with Gasteiger partial charge in [0, 0.05) is 6.54 Å². The fourth-order valence-corrected chi connectivity index (χ4v) is 2.17. The third kappa shape index (κ3) is 5.90. The van der Waals surface area contributed by atoms with E-state index in [9.17, 15) is 9.90 Å². The van der Waals surface area contributed by atoms with E-state index in [0.29, 0.717) is 13.0 Å². The minimum absolute atomic E-state index is 0.368. The van der Waals surface area contributed by atoms with Crippen LogP contribution in [-0.2, 0) is 11.3 Å². The van der Waals surface area contributed by atoms with Crippen molar-refractivity contribution in [1.29, 1.82) is 0 Å². The molecule has 1 amide bonds. The molecule has 1 aromatic carbocycles. The molecule has 0 bridgehead atoms. The Labute approximate surface area is 133 Å². The molecule has 1 N–H and O–H groups in total. The first-order chi connectivity index (χ1) is 10.2. The summed E-state index contributed by atoms with van der Waals surface area (Å²) in [7, 11) is 0. The molecule has 122 valence electrons. The average Bonchev–Trinajstić information content (AvgIpc) is 2.41. The summed E-state index contributed by atoms with van der Waals surface area (Å²) in [5.74, 6) is 0. The molecule has 1 aromatic rings. The first-order valence-corrected chi connectivity index (χ1v) is 7.57. The van der Waals surface area contributed by atoms with Gasteiger partial charge in [-0.25, -0.2) is 4.79 Å². The van der Waals surface area contributed by atoms with Crippen LogP contribution in [0.4, 0.5) is 4.79 Å². The third-order valence-electron chi connectivity index (χ3n) is 3.19. The van der Waals surface area contributed by atoms with Crippen LogP contribution in [0.15, 0.2) is 43.0 Å². The number of aliphatic hydroxyl groups is 1. The molecular weight excluding hydrogens is 278 g/mol. The highest BCUT2D eigenvalue weighted by molar-refractivity contribution is 5.68. The number of carbonyl (C=O) groups is 1. The molecule has 22 heavy (non-hydrogen) atoms. The van der Waals surface area contributed by atoms with Gasteiger partial charge in [-0.3, -0.25) is 4.90 Å². The van der Waals surface area contributed by atoms with E-state index in [-0.39, 0.29) is 6.04 Å². The summed E-state index contributed by atoms with van der Waals surface area (Å²) in [5, 5.41) is 10.0. The van der Waals surface area contributed by atoms with Gasteiger partial charge < -0.3 is 9.84 Å². The highest BCUT2D eigenvalue weighted by Crippen LogP contribution is 2.19. The smallest absolute Gasteiger partial charge is 0.410 e. The molecular formula is C18H27NO3. The zero-order chi connectivity index (χ0) is 16.8. The van der Waals surface area contributed by atoms with Gasteiger partial charge in [0.05, 0.1) is 12.1 Å². The first kappa shape index (κ1) is 18.2. The Kier molecular flexibility index (Phi) is 6.62. The van der Waals surface area contributed by atoms with Crippen molar-refractivity contribution in [2.24, 2.45) is 0 Å². The maximum atomic E-state index is 12.5. The molecule has 4 nitrogen and oxygen atoms in total. The number of amides is 1. The van der Waals surface area contributed by atoms with Gasteiger partial charge in [0.2, 0.25) is 0 Å². The second kappa shape index (κ2) is 7.99. The molecule has 0 saturated heterocycles. The molecule has 0 aromatic heterocycles. The lowest BCUT2D eigenvalue weighted by molar-refractivity contribution is -0.00491. The molecule has 0 aliphatic rings. The number of aliphatic hydroxyl groups excluding tert-OH is 1. The fourth-order valence-electron chi connectivity index (χ4n) is 2.17. The Balaban J connectivity index is 3.02. The van der Waals surface area contributed by atoms with E-state index in [4.69, 9.17) is 4.74 Å². The lowest BCUT2D eigenvalue weighted by Crippen LogP contribution is -2.47. The molecule has 0 radical (unpaired) electrons. The van der Waals surface area contributed by atoms with Crippen LogP contribution in [0.5, 0.6) is 0 Å². The minimum atomic E-state index is -0.672. The van der Waals surface area contributed by atoms with Crippen LogP contribution in [0.25, 0.3) is 0 Å². The maximum Gasteiger partial charge on any atom is 0.410 e. The Morgan fingerprint density at radius 2 is 1.95 bits per heavy atom. The summed E-state index contributed by atoms with van der Waals surface area (Å²) < 4.78 is 5.49. The van der Waals surface area contributed by atoms with Gasteiger partial charge in [-0.05, 0) is 39.7 Å². The Morgan fingerprint density at radius 1 is 1.36 bits per heavy atom. The summed E-state index contributed by atoms with van der Waals surface area (Å²) in [6.07, 6.45) is 1.11. The van der Waals surface area contributed by atoms with Crippen molar-refractivity contribution in [3.8, 4) is 0 Å². The number of hydrogen-bond acceptors (Lipinski definition) is 3. The van der Waals surface area contributed by atoms with Crippen LogP contribution in [0.3, 0.4) is 0 Å². The van der Waals surface area contributed by atoms with Gasteiger partial charge in [0.1, 0.15) is 5.60 Å². The normalized spacial score (nSPS) is 14.0. The Morgan fingerprint density at radius 3 is 2.41 bits per heavy atom. The molecule has 4 heteroatoms. The number of ether oxygens (including phenoxy) is 1. The second-order valence-electron chi connectivity index (χ2n) is 6.43. The van der Waals surface area contributed by atoms with Crippen molar-refractivity contribution in [2.45, 2.75) is 58.4 Å². The lowest BCUT2D eigenvalue weighted by atomic mass is 10.1. The fraction of sp³-hybridized carbons (Fsp3) is 0.500. The van der Waals surface area contributed by atoms with E-state index in [1.165, 1.54) is 0 Å². The monoisotopic (exact) mass is 305 g/mol. The van der Waals surface area contributed by atoms with Crippen molar-refractivity contribution < 1.29 is 14.6 Å². The SMILES string of the molecule is C=CC[C@H]([C@@H](C)O)N(Cc1ccccc1)C(=O)OC(C)(C)C. The van der Waals surface area contributed by atoms with Crippen molar-refractivity contribution in [2.75, 3.05) is 0 Å². The highest BCUT2D eigenvalue weighted by atomic mass is 16.6. The summed E-state index contributed by atoms with van der Waals surface area (Å²) in [6.45, 7) is 11.3. The van der Waals surface area contributed by atoms with Gasteiger partial charge in [-0.1, -0.05) is 36.4 Å². The van der Waals surface area contributed by atoms with E-state index in [2.05, 4.69) is 6.58 Å². The van der Waals surface area contributed by atoms with Crippen LogP contribution in [0.2, 0.25) is 0 Å². The summed E-state index contributed by atoms with van der Waals surface area (Å²) in [6, 6.07) is 9.31. The molecule has 0 heterocycles. The van der Waals surface area contributed by atoms with E-state index in [1.807, 2.05) is 51.1 Å². The van der Waals surface area contributed by atoms with E-state index < -0.39 is 17.8 Å². The number of carbonyl (C=O) groups excluding carboxylic acids is 1. The largest absolute Gasteiger partial charge is 0.444 e. The molecule has 0 aliphatic heterocycles. The zero-order valence-electron chi connectivity index (χ0n) is 14.0. The van der Waals surface area contributed by atoms with Crippen LogP contribution in [0, 0.1) is 0 Å². The number of benzene rings is 1. The van der Waals surface area contributed by atoms with Gasteiger partial charge >= 0.3 is 6.09 Å². The standard InChI is InChI=1S/C18H27NO3/c1-6-10-16(14(2)20)19(17(21)22-18(3,4)5)13-15-11-8-7-9-12-15/h6-9,11-12,14,16,20H,1,10,13H2,2-5H3/t14-,16-/m1/s1. The first-order valence-electron chi connectivity index (χ1n) is 7.57. The molecule has 1 rings (SSSR count). The maximum absolute atomic E-state index is 12.5. The van der Waals surface area contributed by atoms with Crippen LogP contribution in [0.1, 0.15) is 39.7 Å². The summed E-state index contributed by atoms with van der Waals surface area (Å²) in [4.78, 5) is 14.1. The van der Waals surface area contributed by atoms with Crippen molar-refractivity contribution in [3.63, 3.8) is 0 Å². The lowest BCUT2D eigenvalue weighted by Gasteiger charge is -2.34. The Hall–Kier alpha value is -1.81. The van der Waals surface area contributed by atoms with Gasteiger partial charge in [-0.15, -0.1) is 6.58 Å². The predicted molar refractivity (Wildman–Crippen MR) is 88.5 cm³/mol. The summed E-state index contributed by atoms with van der Waals surface area (Å²) >= 11 is 0. The third-order valence-corrected chi connectivity index (χ3v) is 3.19. The molecule has 0 fully saturated rings. The topological polar surface area (TPSA) is 49.8 Å². The minimum Gasteiger partial charge on any atom is -0.444 e. The molecule has 0 saturated carbocycles. The number of nitrogens with zero attached hydrogens (tertiary/aromatic N) is 1. The van der Waals surface area contributed by atoms with Crippen LogP contribution < -0.4 is 0 Å². The van der Waals surface area contributed by atoms with Crippen LogP contribution >= 0.6 is 0 Å². The highest BCUT2D eigenvalue weighted by Gasteiger charge is 2.30. The predicted octanol–water partition coefficient (Wildman–Crippen LogP) is 3.75. The molecule has 0 spiro atoms. The second-order valence-corrected chi connectivity index (χ2v) is 6.43.